The van der Waals surface area contributed by atoms with Crippen LogP contribution in [0.1, 0.15) is 17.1 Å². The molecule has 1 amide bonds. The number of hydrogen-bond donors (Lipinski definition) is 1. The summed E-state index contributed by atoms with van der Waals surface area (Å²) in [5, 5.41) is 2.58. The fraction of sp³-hybridized carbons (Fsp3) is 0.136. The second-order valence-corrected chi connectivity index (χ2v) is 6.48. The van der Waals surface area contributed by atoms with Crippen LogP contribution in [0.25, 0.3) is 6.08 Å². The highest BCUT2D eigenvalue weighted by Crippen LogP contribution is 2.34. The van der Waals surface area contributed by atoms with Gasteiger partial charge in [0.05, 0.1) is 7.11 Å². The van der Waals surface area contributed by atoms with E-state index in [-0.39, 0.29) is 23.2 Å². The smallest absolute Gasteiger partial charge is 0.433 e. The van der Waals surface area contributed by atoms with Gasteiger partial charge in [0, 0.05) is 17.8 Å². The maximum absolute atomic E-state index is 13.0. The number of anilines is 1. The van der Waals surface area contributed by atoms with Gasteiger partial charge in [-0.2, -0.15) is 18.2 Å². The Labute approximate surface area is 180 Å². The molecule has 0 spiro atoms. The Hall–Kier alpha value is -3.95. The number of nitrogens with one attached hydrogen (secondary N) is 1. The summed E-state index contributed by atoms with van der Waals surface area (Å²) in [6.07, 6.45) is -1.87. The second-order valence-electron chi connectivity index (χ2n) is 6.48. The van der Waals surface area contributed by atoms with Crippen LogP contribution in [0.5, 0.6) is 17.4 Å². The molecule has 0 saturated heterocycles. The molecule has 0 aliphatic carbocycles. The molecule has 0 fully saturated rings. The third-order valence-corrected chi connectivity index (χ3v) is 4.05. The van der Waals surface area contributed by atoms with Gasteiger partial charge in [-0.05, 0) is 55.0 Å². The molecule has 6 nitrogen and oxygen atoms in total. The number of aromatic nitrogens is 2. The fourth-order valence-corrected chi connectivity index (χ4v) is 2.61. The van der Waals surface area contributed by atoms with Crippen molar-refractivity contribution in [2.75, 3.05) is 12.4 Å². The van der Waals surface area contributed by atoms with Crippen molar-refractivity contribution in [3.8, 4) is 17.4 Å². The van der Waals surface area contributed by atoms with Gasteiger partial charge in [-0.3, -0.25) is 4.79 Å². The Balaban J connectivity index is 1.75. The minimum absolute atomic E-state index is 0.0967. The molecule has 0 bridgehead atoms. The molecule has 1 aromatic heterocycles. The number of rotatable bonds is 6. The van der Waals surface area contributed by atoms with E-state index in [1.165, 1.54) is 62.6 Å². The Morgan fingerprint density at radius 3 is 2.41 bits per heavy atom. The van der Waals surface area contributed by atoms with Crippen molar-refractivity contribution in [3.63, 3.8) is 0 Å². The molecular formula is C22H17F4N3O3. The van der Waals surface area contributed by atoms with Gasteiger partial charge in [-0.25, -0.2) is 9.37 Å². The molecule has 0 aliphatic rings. The average molecular weight is 447 g/mol. The normalized spacial score (nSPS) is 11.4. The number of ether oxygens (including phenoxy) is 2. The van der Waals surface area contributed by atoms with Gasteiger partial charge < -0.3 is 14.8 Å². The van der Waals surface area contributed by atoms with Crippen molar-refractivity contribution >= 4 is 17.7 Å². The molecule has 0 saturated carbocycles. The maximum Gasteiger partial charge on any atom is 0.433 e. The number of hydrogen-bond acceptors (Lipinski definition) is 5. The Bertz CT molecular complexity index is 1150. The predicted octanol–water partition coefficient (Wildman–Crippen LogP) is 5.40. The largest absolute Gasteiger partial charge is 0.493 e. The summed E-state index contributed by atoms with van der Waals surface area (Å²) < 4.78 is 62.5. The van der Waals surface area contributed by atoms with E-state index in [0.717, 1.165) is 0 Å². The van der Waals surface area contributed by atoms with E-state index in [1.807, 2.05) is 0 Å². The van der Waals surface area contributed by atoms with Gasteiger partial charge in [-0.15, -0.1) is 0 Å². The minimum atomic E-state index is -4.64. The summed E-state index contributed by atoms with van der Waals surface area (Å²) >= 11 is 0. The number of aryl methyl sites for hydroxylation is 1. The first-order chi connectivity index (χ1) is 15.1. The molecule has 1 N–H and O–H groups in total. The molecule has 0 aliphatic heterocycles. The molecule has 166 valence electrons. The number of methoxy groups -OCH3 is 1. The third-order valence-electron chi connectivity index (χ3n) is 4.05. The maximum atomic E-state index is 13.0. The lowest BCUT2D eigenvalue weighted by Crippen LogP contribution is -2.10. The Morgan fingerprint density at radius 1 is 1.03 bits per heavy atom. The van der Waals surface area contributed by atoms with Crippen LogP contribution in [0.4, 0.5) is 23.2 Å². The van der Waals surface area contributed by atoms with Gasteiger partial charge in [0.25, 0.3) is 0 Å². The van der Waals surface area contributed by atoms with E-state index in [9.17, 15) is 22.4 Å². The number of halogens is 4. The van der Waals surface area contributed by atoms with Crippen molar-refractivity contribution in [1.82, 2.24) is 9.97 Å². The Morgan fingerprint density at radius 2 is 1.75 bits per heavy atom. The fourth-order valence-electron chi connectivity index (χ4n) is 2.61. The lowest BCUT2D eigenvalue weighted by molar-refractivity contribution is -0.141. The SMILES string of the molecule is COc1cc(C=CC(=O)Nc2ccc(F)cc2)ccc1Oc1cc(C(F)(F)F)nc(C)n1. The van der Waals surface area contributed by atoms with Crippen LogP contribution in [0, 0.1) is 12.7 Å². The first-order valence-electron chi connectivity index (χ1n) is 9.17. The van der Waals surface area contributed by atoms with E-state index in [1.54, 1.807) is 6.07 Å². The van der Waals surface area contributed by atoms with E-state index in [2.05, 4.69) is 15.3 Å². The molecule has 0 radical (unpaired) electrons. The summed E-state index contributed by atoms with van der Waals surface area (Å²) in [6, 6.07) is 10.6. The predicted molar refractivity (Wildman–Crippen MR) is 109 cm³/mol. The van der Waals surface area contributed by atoms with Crippen molar-refractivity contribution in [2.45, 2.75) is 13.1 Å². The van der Waals surface area contributed by atoms with Gasteiger partial charge >= 0.3 is 6.18 Å². The highest BCUT2D eigenvalue weighted by atomic mass is 19.4. The van der Waals surface area contributed by atoms with Crippen LogP contribution in [-0.2, 0) is 11.0 Å². The van der Waals surface area contributed by atoms with Gasteiger partial charge in [0.1, 0.15) is 11.6 Å². The van der Waals surface area contributed by atoms with Gasteiger partial charge in [-0.1, -0.05) is 6.07 Å². The van der Waals surface area contributed by atoms with Crippen molar-refractivity contribution in [2.24, 2.45) is 0 Å². The summed E-state index contributed by atoms with van der Waals surface area (Å²) in [5.74, 6) is -0.889. The van der Waals surface area contributed by atoms with E-state index in [0.29, 0.717) is 17.3 Å². The van der Waals surface area contributed by atoms with Crippen molar-refractivity contribution < 1.29 is 31.8 Å². The van der Waals surface area contributed by atoms with Crippen LogP contribution in [-0.4, -0.2) is 23.0 Å². The molecule has 32 heavy (non-hydrogen) atoms. The lowest BCUT2D eigenvalue weighted by atomic mass is 10.2. The number of amides is 1. The molecule has 0 atom stereocenters. The Kier molecular flexibility index (Phi) is 6.72. The summed E-state index contributed by atoms with van der Waals surface area (Å²) in [4.78, 5) is 19.3. The summed E-state index contributed by atoms with van der Waals surface area (Å²) in [7, 11) is 1.36. The number of benzene rings is 2. The molecule has 2 aromatic carbocycles. The molecule has 1 heterocycles. The summed E-state index contributed by atoms with van der Waals surface area (Å²) in [6.45, 7) is 1.32. The zero-order valence-electron chi connectivity index (χ0n) is 16.9. The number of alkyl halides is 3. The molecule has 0 unspecified atom stereocenters. The van der Waals surface area contributed by atoms with Crippen LogP contribution >= 0.6 is 0 Å². The monoisotopic (exact) mass is 447 g/mol. The van der Waals surface area contributed by atoms with Crippen LogP contribution in [0.2, 0.25) is 0 Å². The van der Waals surface area contributed by atoms with E-state index < -0.39 is 23.6 Å². The number of carbonyl (C=O) groups excluding carboxylic acids is 1. The molecule has 3 rings (SSSR count). The highest BCUT2D eigenvalue weighted by Gasteiger charge is 2.33. The van der Waals surface area contributed by atoms with Crippen LogP contribution in [0.15, 0.2) is 54.6 Å². The minimum Gasteiger partial charge on any atom is -0.493 e. The van der Waals surface area contributed by atoms with Crippen LogP contribution < -0.4 is 14.8 Å². The standard InChI is InChI=1S/C22H17F4N3O3/c1-13-27-19(22(24,25)26)12-21(28-13)32-17-9-3-14(11-18(17)31-2)4-10-20(30)29-16-7-5-15(23)6-8-16/h3-12H,1-2H3,(H,29,30). The second kappa shape index (κ2) is 9.46. The zero-order chi connectivity index (χ0) is 23.3. The number of carbonyl (C=O) groups is 1. The topological polar surface area (TPSA) is 73.3 Å². The lowest BCUT2D eigenvalue weighted by Gasteiger charge is -2.12. The summed E-state index contributed by atoms with van der Waals surface area (Å²) in [5.41, 5.74) is -0.121. The molecule has 3 aromatic rings. The number of nitrogens with zero attached hydrogens (tertiary/aromatic N) is 2. The third kappa shape index (κ3) is 6.03. The molecule has 10 heteroatoms. The van der Waals surface area contributed by atoms with E-state index in [4.69, 9.17) is 9.47 Å². The van der Waals surface area contributed by atoms with Crippen molar-refractivity contribution in [3.05, 3.63) is 77.5 Å². The first kappa shape index (κ1) is 22.7. The molecular weight excluding hydrogens is 430 g/mol. The van der Waals surface area contributed by atoms with Gasteiger partial charge in [0.2, 0.25) is 11.8 Å². The van der Waals surface area contributed by atoms with Crippen molar-refractivity contribution in [1.29, 1.82) is 0 Å². The quantitative estimate of drug-likeness (QED) is 0.405. The van der Waals surface area contributed by atoms with Crippen LogP contribution in [0.3, 0.4) is 0 Å². The average Bonchev–Trinajstić information content (AvgIpc) is 2.73. The highest BCUT2D eigenvalue weighted by molar-refractivity contribution is 6.01. The van der Waals surface area contributed by atoms with E-state index >= 15 is 0 Å². The first-order valence-corrected chi connectivity index (χ1v) is 9.17. The van der Waals surface area contributed by atoms with Gasteiger partial charge in [0.15, 0.2) is 17.2 Å². The zero-order valence-corrected chi connectivity index (χ0v) is 16.9.